The van der Waals surface area contributed by atoms with E-state index in [-0.39, 0.29) is 11.9 Å². The van der Waals surface area contributed by atoms with Gasteiger partial charge in [0, 0.05) is 63.8 Å². The summed E-state index contributed by atoms with van der Waals surface area (Å²) in [6.07, 6.45) is 4.39. The molecule has 0 aromatic carbocycles. The minimum atomic E-state index is -0.0713. The van der Waals surface area contributed by atoms with Gasteiger partial charge in [-0.3, -0.25) is 4.79 Å². The fourth-order valence-electron chi connectivity index (χ4n) is 2.99. The Morgan fingerprint density at radius 2 is 1.83 bits per heavy atom. The molecule has 3 rings (SSSR count). The first kappa shape index (κ1) is 16.0. The molecule has 3 heterocycles. The summed E-state index contributed by atoms with van der Waals surface area (Å²) in [6, 6.07) is -0.0713. The third-order valence-corrected chi connectivity index (χ3v) is 5.16. The van der Waals surface area contributed by atoms with Crippen molar-refractivity contribution in [1.29, 1.82) is 0 Å². The predicted molar refractivity (Wildman–Crippen MR) is 89.7 cm³/mol. The molecular formula is C15H23N5O2S. The second kappa shape index (κ2) is 7.63. The van der Waals surface area contributed by atoms with Crippen molar-refractivity contribution < 1.29 is 9.59 Å². The molecule has 23 heavy (non-hydrogen) atoms. The molecule has 2 aliphatic heterocycles. The Hall–Kier alpha value is -1.83. The number of carbonyl (C=O) groups is 2. The third kappa shape index (κ3) is 4.13. The van der Waals surface area contributed by atoms with Crippen molar-refractivity contribution in [3.63, 3.8) is 0 Å². The molecule has 0 saturated carbocycles. The number of hydrogen-bond donors (Lipinski definition) is 1. The van der Waals surface area contributed by atoms with Gasteiger partial charge in [0.1, 0.15) is 0 Å². The number of likely N-dealkylation sites (tertiary alicyclic amines) is 1. The van der Waals surface area contributed by atoms with Crippen LogP contribution in [0.2, 0.25) is 0 Å². The summed E-state index contributed by atoms with van der Waals surface area (Å²) in [6.45, 7) is 5.12. The van der Waals surface area contributed by atoms with Crippen molar-refractivity contribution in [3.8, 4) is 0 Å². The number of hydrogen-bond acceptors (Lipinski definition) is 5. The molecule has 2 fully saturated rings. The van der Waals surface area contributed by atoms with E-state index in [9.17, 15) is 9.59 Å². The van der Waals surface area contributed by atoms with E-state index in [0.717, 1.165) is 44.2 Å². The molecule has 3 amide bonds. The maximum Gasteiger partial charge on any atom is 0.317 e. The average molecular weight is 337 g/mol. The van der Waals surface area contributed by atoms with Crippen LogP contribution in [0.25, 0.3) is 0 Å². The second-order valence-electron chi connectivity index (χ2n) is 5.86. The van der Waals surface area contributed by atoms with Crippen LogP contribution in [0.1, 0.15) is 19.3 Å². The average Bonchev–Trinajstić information content (AvgIpc) is 3.28. The first-order valence-corrected chi connectivity index (χ1v) is 9.07. The number of anilines is 1. The molecule has 0 aliphatic carbocycles. The number of piperazine rings is 1. The van der Waals surface area contributed by atoms with Crippen LogP contribution >= 0.6 is 11.3 Å². The van der Waals surface area contributed by atoms with Gasteiger partial charge >= 0.3 is 6.03 Å². The summed E-state index contributed by atoms with van der Waals surface area (Å²) in [5.41, 5.74) is 0. The van der Waals surface area contributed by atoms with Crippen LogP contribution in [0.5, 0.6) is 0 Å². The van der Waals surface area contributed by atoms with Crippen molar-refractivity contribution in [2.75, 3.05) is 50.7 Å². The van der Waals surface area contributed by atoms with E-state index in [1.807, 2.05) is 15.2 Å². The molecule has 0 unspecified atom stereocenters. The number of nitrogens with one attached hydrogen (secondary N) is 1. The number of aromatic nitrogens is 1. The van der Waals surface area contributed by atoms with Gasteiger partial charge < -0.3 is 20.0 Å². The van der Waals surface area contributed by atoms with Crippen LogP contribution in [0.15, 0.2) is 11.6 Å². The van der Waals surface area contributed by atoms with Gasteiger partial charge in [-0.1, -0.05) is 0 Å². The monoisotopic (exact) mass is 337 g/mol. The Morgan fingerprint density at radius 3 is 2.48 bits per heavy atom. The minimum absolute atomic E-state index is 0.0713. The summed E-state index contributed by atoms with van der Waals surface area (Å²) in [5, 5.41) is 5.84. The lowest BCUT2D eigenvalue weighted by atomic mass is 10.3. The van der Waals surface area contributed by atoms with Gasteiger partial charge in [0.25, 0.3) is 0 Å². The highest BCUT2D eigenvalue weighted by Gasteiger charge is 2.23. The molecule has 7 nitrogen and oxygen atoms in total. The van der Waals surface area contributed by atoms with E-state index in [0.29, 0.717) is 26.1 Å². The second-order valence-corrected chi connectivity index (χ2v) is 6.73. The highest BCUT2D eigenvalue weighted by atomic mass is 32.1. The highest BCUT2D eigenvalue weighted by molar-refractivity contribution is 7.13. The molecule has 0 radical (unpaired) electrons. The molecule has 8 heteroatoms. The number of amides is 3. The normalized spacial score (nSPS) is 18.3. The van der Waals surface area contributed by atoms with Crippen LogP contribution in [0.4, 0.5) is 9.93 Å². The molecule has 1 aromatic rings. The van der Waals surface area contributed by atoms with Crippen LogP contribution in [0, 0.1) is 0 Å². The fourth-order valence-corrected chi connectivity index (χ4v) is 3.68. The lowest BCUT2D eigenvalue weighted by Gasteiger charge is -2.34. The molecule has 2 aliphatic rings. The Bertz CT molecular complexity index is 522. The van der Waals surface area contributed by atoms with E-state index in [1.54, 1.807) is 17.5 Å². The van der Waals surface area contributed by atoms with Crippen molar-refractivity contribution in [1.82, 2.24) is 20.1 Å². The quantitative estimate of drug-likeness (QED) is 0.889. The van der Waals surface area contributed by atoms with E-state index >= 15 is 0 Å². The molecular weight excluding hydrogens is 314 g/mol. The topological polar surface area (TPSA) is 68.8 Å². The summed E-state index contributed by atoms with van der Waals surface area (Å²) in [5.74, 6) is 0.149. The first-order chi connectivity index (χ1) is 11.2. The van der Waals surface area contributed by atoms with Crippen molar-refractivity contribution in [2.24, 2.45) is 0 Å². The lowest BCUT2D eigenvalue weighted by molar-refractivity contribution is -0.129. The van der Waals surface area contributed by atoms with Crippen LogP contribution < -0.4 is 10.2 Å². The zero-order valence-corrected chi connectivity index (χ0v) is 14.1. The fraction of sp³-hybridized carbons (Fsp3) is 0.667. The summed E-state index contributed by atoms with van der Waals surface area (Å²) in [4.78, 5) is 34.3. The molecule has 0 atom stereocenters. The molecule has 1 N–H and O–H groups in total. The Kier molecular flexibility index (Phi) is 5.32. The maximum atomic E-state index is 12.2. The molecule has 1 aromatic heterocycles. The lowest BCUT2D eigenvalue weighted by Crippen LogP contribution is -2.52. The Balaban J connectivity index is 1.35. The highest BCUT2D eigenvalue weighted by Crippen LogP contribution is 2.18. The van der Waals surface area contributed by atoms with Crippen molar-refractivity contribution in [2.45, 2.75) is 19.3 Å². The van der Waals surface area contributed by atoms with Gasteiger partial charge in [-0.2, -0.15) is 0 Å². The standard InChI is InChI=1S/C15H23N5O2S/c21-13(18-6-1-2-7-18)3-4-16-14(22)19-8-10-20(11-9-19)15-17-5-12-23-15/h5,12H,1-4,6-11H2,(H,16,22). The van der Waals surface area contributed by atoms with Gasteiger partial charge in [-0.05, 0) is 12.8 Å². The van der Waals surface area contributed by atoms with Gasteiger partial charge in [0.2, 0.25) is 5.91 Å². The number of thiazole rings is 1. The largest absolute Gasteiger partial charge is 0.345 e. The van der Waals surface area contributed by atoms with Gasteiger partial charge in [0.15, 0.2) is 5.13 Å². The molecule has 0 bridgehead atoms. The predicted octanol–water partition coefficient (Wildman–Crippen LogP) is 0.987. The van der Waals surface area contributed by atoms with Gasteiger partial charge in [-0.15, -0.1) is 11.3 Å². The maximum absolute atomic E-state index is 12.2. The van der Waals surface area contributed by atoms with Crippen molar-refractivity contribution >= 4 is 28.4 Å². The van der Waals surface area contributed by atoms with Crippen molar-refractivity contribution in [3.05, 3.63) is 11.6 Å². The zero-order chi connectivity index (χ0) is 16.1. The van der Waals surface area contributed by atoms with Crippen LogP contribution in [-0.4, -0.2) is 72.5 Å². The summed E-state index contributed by atoms with van der Waals surface area (Å²) in [7, 11) is 0. The first-order valence-electron chi connectivity index (χ1n) is 8.19. The molecule has 126 valence electrons. The third-order valence-electron chi connectivity index (χ3n) is 4.33. The van der Waals surface area contributed by atoms with Crippen LogP contribution in [0.3, 0.4) is 0 Å². The number of carbonyl (C=O) groups excluding carboxylic acids is 2. The summed E-state index contributed by atoms with van der Waals surface area (Å²) >= 11 is 1.62. The summed E-state index contributed by atoms with van der Waals surface area (Å²) < 4.78 is 0. The smallest absolute Gasteiger partial charge is 0.317 e. The van der Waals surface area contributed by atoms with Crippen LogP contribution in [-0.2, 0) is 4.79 Å². The number of urea groups is 1. The zero-order valence-electron chi connectivity index (χ0n) is 13.2. The Morgan fingerprint density at radius 1 is 1.09 bits per heavy atom. The number of rotatable bonds is 4. The molecule has 0 spiro atoms. The van der Waals surface area contributed by atoms with E-state index in [4.69, 9.17) is 0 Å². The molecule has 2 saturated heterocycles. The van der Waals surface area contributed by atoms with E-state index in [1.165, 1.54) is 0 Å². The van der Waals surface area contributed by atoms with Gasteiger partial charge in [0.05, 0.1) is 0 Å². The van der Waals surface area contributed by atoms with Gasteiger partial charge in [-0.25, -0.2) is 9.78 Å². The van der Waals surface area contributed by atoms with E-state index < -0.39 is 0 Å². The SMILES string of the molecule is O=C(CCNC(=O)N1CCN(c2nccs2)CC1)N1CCCC1. The minimum Gasteiger partial charge on any atom is -0.345 e. The Labute approximate surface area is 140 Å². The number of nitrogens with zero attached hydrogens (tertiary/aromatic N) is 4. The van der Waals surface area contributed by atoms with E-state index in [2.05, 4.69) is 15.2 Å².